The minimum absolute atomic E-state index is 0.124. The van der Waals surface area contributed by atoms with Gasteiger partial charge in [-0.05, 0) is 41.3 Å². The highest BCUT2D eigenvalue weighted by Crippen LogP contribution is 2.34. The Labute approximate surface area is 175 Å². The maximum atomic E-state index is 10.6. The molecule has 0 aliphatic heterocycles. The Morgan fingerprint density at radius 3 is 2.10 bits per heavy atom. The molecule has 10 heteroatoms. The van der Waals surface area contributed by atoms with Crippen LogP contribution in [-0.4, -0.2) is 48.7 Å². The molecule has 0 spiro atoms. The van der Waals surface area contributed by atoms with Gasteiger partial charge in [0.1, 0.15) is 0 Å². The SMILES string of the molecule is COc1cc(Cc2nccc3cc(OC)c(OC)cc23)ccc1O.O=C(O)C(F)(F)F. The van der Waals surface area contributed by atoms with Crippen molar-refractivity contribution in [2.24, 2.45) is 0 Å². The summed E-state index contributed by atoms with van der Waals surface area (Å²) in [6, 6.07) is 11.1. The molecule has 0 atom stereocenters. The van der Waals surface area contributed by atoms with Crippen LogP contribution >= 0.6 is 0 Å². The predicted octanol–water partition coefficient (Wildman–Crippen LogP) is 4.19. The van der Waals surface area contributed by atoms with E-state index in [1.807, 2.05) is 30.3 Å². The Balaban J connectivity index is 0.000000423. The normalized spacial score (nSPS) is 10.8. The topological polar surface area (TPSA) is 98.1 Å². The highest BCUT2D eigenvalue weighted by Gasteiger charge is 2.38. The summed E-state index contributed by atoms with van der Waals surface area (Å²) in [6.07, 6.45) is -2.69. The summed E-state index contributed by atoms with van der Waals surface area (Å²) in [5.74, 6) is -0.825. The van der Waals surface area contributed by atoms with Crippen molar-refractivity contribution in [2.45, 2.75) is 12.6 Å². The van der Waals surface area contributed by atoms with Gasteiger partial charge >= 0.3 is 12.1 Å². The van der Waals surface area contributed by atoms with Gasteiger partial charge in [-0.1, -0.05) is 6.07 Å². The lowest BCUT2D eigenvalue weighted by Gasteiger charge is -2.12. The van der Waals surface area contributed by atoms with Gasteiger partial charge in [0, 0.05) is 18.0 Å². The van der Waals surface area contributed by atoms with Crippen molar-refractivity contribution in [3.05, 3.63) is 53.9 Å². The Morgan fingerprint density at radius 1 is 0.968 bits per heavy atom. The first-order chi connectivity index (χ1) is 14.6. The molecule has 2 N–H and O–H groups in total. The second kappa shape index (κ2) is 9.88. The summed E-state index contributed by atoms with van der Waals surface area (Å²) >= 11 is 0. The van der Waals surface area contributed by atoms with Crippen molar-refractivity contribution in [1.29, 1.82) is 0 Å². The largest absolute Gasteiger partial charge is 0.504 e. The maximum absolute atomic E-state index is 10.6. The number of carboxylic acid groups (broad SMARTS) is 1. The first kappa shape index (κ1) is 23.6. The van der Waals surface area contributed by atoms with Gasteiger partial charge < -0.3 is 24.4 Å². The summed E-state index contributed by atoms with van der Waals surface area (Å²) in [4.78, 5) is 13.4. The fourth-order valence-corrected chi connectivity index (χ4v) is 2.73. The Kier molecular flexibility index (Phi) is 7.51. The molecule has 0 saturated carbocycles. The van der Waals surface area contributed by atoms with E-state index in [2.05, 4.69) is 4.98 Å². The molecule has 0 unspecified atom stereocenters. The molecule has 166 valence electrons. The minimum atomic E-state index is -5.08. The fourth-order valence-electron chi connectivity index (χ4n) is 2.73. The van der Waals surface area contributed by atoms with Crippen molar-refractivity contribution >= 4 is 16.7 Å². The fraction of sp³-hybridized carbons (Fsp3) is 0.238. The second-order valence-corrected chi connectivity index (χ2v) is 6.17. The summed E-state index contributed by atoms with van der Waals surface area (Å²) in [7, 11) is 4.77. The first-order valence-corrected chi connectivity index (χ1v) is 8.76. The van der Waals surface area contributed by atoms with Crippen molar-refractivity contribution in [2.75, 3.05) is 21.3 Å². The third kappa shape index (κ3) is 5.91. The molecular weight excluding hydrogens is 419 g/mol. The number of carboxylic acids is 1. The number of aromatic hydroxyl groups is 1. The lowest BCUT2D eigenvalue weighted by molar-refractivity contribution is -0.192. The molecule has 0 aliphatic carbocycles. The van der Waals surface area contributed by atoms with Crippen molar-refractivity contribution in [3.63, 3.8) is 0 Å². The van der Waals surface area contributed by atoms with Gasteiger partial charge in [-0.25, -0.2) is 4.79 Å². The van der Waals surface area contributed by atoms with Crippen LogP contribution in [0.25, 0.3) is 10.8 Å². The van der Waals surface area contributed by atoms with Gasteiger partial charge in [-0.3, -0.25) is 4.98 Å². The number of benzene rings is 2. The van der Waals surface area contributed by atoms with Crippen molar-refractivity contribution in [3.8, 4) is 23.0 Å². The summed E-state index contributed by atoms with van der Waals surface area (Å²) in [5.41, 5.74) is 1.92. The molecule has 1 aromatic heterocycles. The molecule has 2 aromatic carbocycles. The van der Waals surface area contributed by atoms with Crippen molar-refractivity contribution in [1.82, 2.24) is 4.98 Å². The van der Waals surface area contributed by atoms with Crippen LogP contribution in [0.2, 0.25) is 0 Å². The van der Waals surface area contributed by atoms with E-state index in [1.165, 1.54) is 7.11 Å². The molecule has 0 aliphatic rings. The van der Waals surface area contributed by atoms with Gasteiger partial charge in [0.15, 0.2) is 23.0 Å². The average molecular weight is 439 g/mol. The van der Waals surface area contributed by atoms with Gasteiger partial charge in [-0.2, -0.15) is 13.2 Å². The molecule has 0 radical (unpaired) electrons. The monoisotopic (exact) mass is 439 g/mol. The number of nitrogens with zero attached hydrogens (tertiary/aromatic N) is 1. The minimum Gasteiger partial charge on any atom is -0.504 e. The number of aromatic nitrogens is 1. The van der Waals surface area contributed by atoms with E-state index < -0.39 is 12.1 Å². The third-order valence-corrected chi connectivity index (χ3v) is 4.21. The molecular formula is C21H20F3NO6. The zero-order valence-electron chi connectivity index (χ0n) is 16.9. The summed E-state index contributed by atoms with van der Waals surface area (Å²) in [5, 5.41) is 18.9. The molecule has 3 aromatic rings. The van der Waals surface area contributed by atoms with Crippen LogP contribution in [0.1, 0.15) is 11.3 Å². The second-order valence-electron chi connectivity index (χ2n) is 6.17. The van der Waals surface area contributed by atoms with Gasteiger partial charge in [0.25, 0.3) is 0 Å². The number of hydrogen-bond donors (Lipinski definition) is 2. The molecule has 0 amide bonds. The number of hydrogen-bond acceptors (Lipinski definition) is 6. The number of fused-ring (bicyclic) bond motifs is 1. The van der Waals surface area contributed by atoms with Crippen LogP contribution in [0, 0.1) is 0 Å². The number of ether oxygens (including phenoxy) is 3. The van der Waals surface area contributed by atoms with Crippen LogP contribution in [0.3, 0.4) is 0 Å². The van der Waals surface area contributed by atoms with E-state index >= 15 is 0 Å². The van der Waals surface area contributed by atoms with Gasteiger partial charge in [-0.15, -0.1) is 0 Å². The zero-order valence-corrected chi connectivity index (χ0v) is 16.9. The van der Waals surface area contributed by atoms with Crippen LogP contribution in [0.5, 0.6) is 23.0 Å². The highest BCUT2D eigenvalue weighted by molar-refractivity contribution is 5.88. The predicted molar refractivity (Wildman–Crippen MR) is 106 cm³/mol. The van der Waals surface area contributed by atoms with Crippen LogP contribution in [-0.2, 0) is 11.2 Å². The standard InChI is InChI=1S/C19H19NO4.C2HF3O2/c1-22-17-9-12(4-5-16(17)21)8-15-14-11-19(24-3)18(23-2)10-13(14)6-7-20-15;3-2(4,5)1(6)7/h4-7,9-11,21H,8H2,1-3H3;(H,6,7). The number of aliphatic carboxylic acids is 1. The number of rotatable bonds is 5. The van der Waals surface area contributed by atoms with Gasteiger partial charge in [0.2, 0.25) is 0 Å². The Bertz CT molecular complexity index is 1070. The van der Waals surface area contributed by atoms with Crippen molar-refractivity contribution < 1.29 is 42.4 Å². The average Bonchev–Trinajstić information content (AvgIpc) is 2.74. The van der Waals surface area contributed by atoms with E-state index in [1.54, 1.807) is 26.5 Å². The number of carbonyl (C=O) groups is 1. The molecule has 0 saturated heterocycles. The zero-order chi connectivity index (χ0) is 23.2. The number of halogens is 3. The van der Waals surface area contributed by atoms with Crippen LogP contribution in [0.15, 0.2) is 42.6 Å². The van der Waals surface area contributed by atoms with Crippen LogP contribution in [0.4, 0.5) is 13.2 Å². The lowest BCUT2D eigenvalue weighted by Crippen LogP contribution is -2.21. The van der Waals surface area contributed by atoms with Gasteiger partial charge in [0.05, 0.1) is 27.0 Å². The summed E-state index contributed by atoms with van der Waals surface area (Å²) < 4.78 is 47.7. The first-order valence-electron chi connectivity index (χ1n) is 8.76. The molecule has 0 bridgehead atoms. The molecule has 0 fully saturated rings. The van der Waals surface area contributed by atoms with E-state index in [0.717, 1.165) is 22.0 Å². The molecule has 1 heterocycles. The number of phenolic OH excluding ortho intramolecular Hbond substituents is 1. The molecule has 31 heavy (non-hydrogen) atoms. The Morgan fingerprint density at radius 2 is 1.55 bits per heavy atom. The Hall–Kier alpha value is -3.69. The number of methoxy groups -OCH3 is 3. The number of pyridine rings is 1. The molecule has 3 rings (SSSR count). The van der Waals surface area contributed by atoms with Crippen LogP contribution < -0.4 is 14.2 Å². The van der Waals surface area contributed by atoms with E-state index in [-0.39, 0.29) is 5.75 Å². The maximum Gasteiger partial charge on any atom is 0.490 e. The smallest absolute Gasteiger partial charge is 0.490 e. The quantitative estimate of drug-likeness (QED) is 0.615. The van der Waals surface area contributed by atoms with E-state index in [9.17, 15) is 18.3 Å². The lowest BCUT2D eigenvalue weighted by atomic mass is 10.0. The molecule has 7 nitrogen and oxygen atoms in total. The number of alkyl halides is 3. The summed E-state index contributed by atoms with van der Waals surface area (Å²) in [6.45, 7) is 0. The van der Waals surface area contributed by atoms with E-state index in [0.29, 0.717) is 23.7 Å². The third-order valence-electron chi connectivity index (χ3n) is 4.21. The van der Waals surface area contributed by atoms with E-state index in [4.69, 9.17) is 24.1 Å². The highest BCUT2D eigenvalue weighted by atomic mass is 19.4. The number of phenols is 1.